The molecule has 0 spiro atoms. The van der Waals surface area contributed by atoms with Gasteiger partial charge in [-0.2, -0.15) is 0 Å². The summed E-state index contributed by atoms with van der Waals surface area (Å²) in [7, 11) is 1.31. The molecular formula is C20H17FN4O3. The molecule has 0 aliphatic heterocycles. The van der Waals surface area contributed by atoms with Gasteiger partial charge in [-0.05, 0) is 36.4 Å². The third kappa shape index (κ3) is 4.67. The van der Waals surface area contributed by atoms with Gasteiger partial charge in [0, 0.05) is 17.8 Å². The SMILES string of the molecule is COC(=O)c1cccc(Nc2ccc(C(=O)NCc3ccccc3F)nn2)c1. The predicted molar refractivity (Wildman–Crippen MR) is 101 cm³/mol. The molecule has 0 saturated heterocycles. The van der Waals surface area contributed by atoms with E-state index in [9.17, 15) is 14.0 Å². The molecule has 8 heteroatoms. The summed E-state index contributed by atoms with van der Waals surface area (Å²) in [5, 5.41) is 13.4. The molecule has 1 heterocycles. The Kier molecular flexibility index (Phi) is 5.91. The Morgan fingerprint density at radius 2 is 1.86 bits per heavy atom. The lowest BCUT2D eigenvalue weighted by Crippen LogP contribution is -2.24. The molecule has 2 aromatic carbocycles. The number of amides is 1. The molecule has 0 aliphatic rings. The number of rotatable bonds is 6. The zero-order chi connectivity index (χ0) is 19.9. The fourth-order valence-corrected chi connectivity index (χ4v) is 2.42. The third-order valence-electron chi connectivity index (χ3n) is 3.85. The van der Waals surface area contributed by atoms with Crippen LogP contribution in [0.4, 0.5) is 15.9 Å². The van der Waals surface area contributed by atoms with Crippen LogP contribution in [0.5, 0.6) is 0 Å². The van der Waals surface area contributed by atoms with Crippen molar-refractivity contribution in [2.24, 2.45) is 0 Å². The number of methoxy groups -OCH3 is 1. The quantitative estimate of drug-likeness (QED) is 0.639. The number of aromatic nitrogens is 2. The number of hydrogen-bond acceptors (Lipinski definition) is 6. The minimum absolute atomic E-state index is 0.0491. The minimum atomic E-state index is -0.463. The maximum absolute atomic E-state index is 13.6. The van der Waals surface area contributed by atoms with Crippen molar-refractivity contribution in [2.45, 2.75) is 6.54 Å². The minimum Gasteiger partial charge on any atom is -0.465 e. The van der Waals surface area contributed by atoms with Crippen LogP contribution in [0.25, 0.3) is 0 Å². The average Bonchev–Trinajstić information content (AvgIpc) is 2.73. The maximum Gasteiger partial charge on any atom is 0.337 e. The Morgan fingerprint density at radius 3 is 2.57 bits per heavy atom. The fourth-order valence-electron chi connectivity index (χ4n) is 2.42. The van der Waals surface area contributed by atoms with E-state index >= 15 is 0 Å². The first kappa shape index (κ1) is 19.0. The van der Waals surface area contributed by atoms with Crippen LogP contribution in [0.3, 0.4) is 0 Å². The molecule has 0 radical (unpaired) electrons. The van der Waals surface area contributed by atoms with Gasteiger partial charge in [0.15, 0.2) is 11.5 Å². The van der Waals surface area contributed by atoms with Crippen molar-refractivity contribution in [1.29, 1.82) is 0 Å². The highest BCUT2D eigenvalue weighted by Crippen LogP contribution is 2.16. The van der Waals surface area contributed by atoms with Gasteiger partial charge in [-0.15, -0.1) is 10.2 Å². The van der Waals surface area contributed by atoms with Crippen LogP contribution in [-0.2, 0) is 11.3 Å². The highest BCUT2D eigenvalue weighted by Gasteiger charge is 2.10. The van der Waals surface area contributed by atoms with Crippen LogP contribution >= 0.6 is 0 Å². The Labute approximate surface area is 160 Å². The number of esters is 1. The highest BCUT2D eigenvalue weighted by molar-refractivity contribution is 5.92. The first-order valence-corrected chi connectivity index (χ1v) is 8.37. The number of nitrogens with zero attached hydrogens (tertiary/aromatic N) is 2. The van der Waals surface area contributed by atoms with Crippen molar-refractivity contribution in [2.75, 3.05) is 12.4 Å². The summed E-state index contributed by atoms with van der Waals surface area (Å²) in [6, 6.07) is 16.0. The molecule has 0 atom stereocenters. The van der Waals surface area contributed by atoms with Crippen LogP contribution in [-0.4, -0.2) is 29.2 Å². The van der Waals surface area contributed by atoms with E-state index in [-0.39, 0.29) is 18.1 Å². The molecule has 7 nitrogen and oxygen atoms in total. The molecule has 0 aliphatic carbocycles. The lowest BCUT2D eigenvalue weighted by Gasteiger charge is -2.08. The second kappa shape index (κ2) is 8.72. The number of halogens is 1. The first-order valence-electron chi connectivity index (χ1n) is 8.37. The molecule has 2 N–H and O–H groups in total. The van der Waals surface area contributed by atoms with Gasteiger partial charge in [-0.3, -0.25) is 4.79 Å². The van der Waals surface area contributed by atoms with Crippen LogP contribution in [0, 0.1) is 5.82 Å². The fraction of sp³-hybridized carbons (Fsp3) is 0.100. The molecule has 0 unspecified atom stereocenters. The van der Waals surface area contributed by atoms with Crippen LogP contribution in [0.2, 0.25) is 0 Å². The van der Waals surface area contributed by atoms with E-state index in [4.69, 9.17) is 0 Å². The van der Waals surface area contributed by atoms with Crippen molar-refractivity contribution in [3.05, 3.63) is 83.3 Å². The van der Waals surface area contributed by atoms with Crippen LogP contribution in [0.15, 0.2) is 60.7 Å². The molecule has 3 rings (SSSR count). The standard InChI is InChI=1S/C20H17FN4O3/c1-28-20(27)13-6-4-7-15(11-13)23-18-10-9-17(24-25-18)19(26)22-12-14-5-2-3-8-16(14)21/h2-11H,12H2,1H3,(H,22,26)(H,23,25). The number of carbonyl (C=O) groups excluding carboxylic acids is 2. The van der Waals surface area contributed by atoms with E-state index < -0.39 is 11.9 Å². The number of ether oxygens (including phenoxy) is 1. The van der Waals surface area contributed by atoms with Crippen molar-refractivity contribution >= 4 is 23.4 Å². The van der Waals surface area contributed by atoms with Gasteiger partial charge < -0.3 is 15.4 Å². The van der Waals surface area contributed by atoms with Crippen molar-refractivity contribution < 1.29 is 18.7 Å². The Balaban J connectivity index is 1.62. The second-order valence-electron chi connectivity index (χ2n) is 5.78. The lowest BCUT2D eigenvalue weighted by molar-refractivity contribution is 0.0600. The maximum atomic E-state index is 13.6. The number of benzene rings is 2. The predicted octanol–water partition coefficient (Wildman–Crippen LogP) is 3.08. The second-order valence-corrected chi connectivity index (χ2v) is 5.78. The van der Waals surface area contributed by atoms with Crippen LogP contribution < -0.4 is 10.6 Å². The number of anilines is 2. The van der Waals surface area contributed by atoms with E-state index in [0.29, 0.717) is 22.6 Å². The van der Waals surface area contributed by atoms with Gasteiger partial charge in [0.25, 0.3) is 5.91 Å². The Hall–Kier alpha value is -3.81. The van der Waals surface area contributed by atoms with E-state index in [2.05, 4.69) is 25.6 Å². The highest BCUT2D eigenvalue weighted by atomic mass is 19.1. The zero-order valence-electron chi connectivity index (χ0n) is 15.0. The Bertz CT molecular complexity index is 993. The summed E-state index contributed by atoms with van der Waals surface area (Å²) in [6.07, 6.45) is 0. The van der Waals surface area contributed by atoms with Crippen molar-refractivity contribution in [3.8, 4) is 0 Å². The smallest absolute Gasteiger partial charge is 0.337 e. The van der Waals surface area contributed by atoms with E-state index in [1.807, 2.05) is 0 Å². The largest absolute Gasteiger partial charge is 0.465 e. The van der Waals surface area contributed by atoms with E-state index in [1.54, 1.807) is 48.5 Å². The third-order valence-corrected chi connectivity index (χ3v) is 3.85. The molecule has 0 bridgehead atoms. The summed E-state index contributed by atoms with van der Waals surface area (Å²) in [4.78, 5) is 23.7. The van der Waals surface area contributed by atoms with Gasteiger partial charge in [-0.25, -0.2) is 9.18 Å². The van der Waals surface area contributed by atoms with Crippen LogP contribution in [0.1, 0.15) is 26.4 Å². The van der Waals surface area contributed by atoms with E-state index in [0.717, 1.165) is 0 Å². The van der Waals surface area contributed by atoms with Gasteiger partial charge >= 0.3 is 5.97 Å². The monoisotopic (exact) mass is 380 g/mol. The Morgan fingerprint density at radius 1 is 1.04 bits per heavy atom. The van der Waals surface area contributed by atoms with Crippen molar-refractivity contribution in [3.63, 3.8) is 0 Å². The molecule has 3 aromatic rings. The van der Waals surface area contributed by atoms with Gasteiger partial charge in [0.2, 0.25) is 0 Å². The van der Waals surface area contributed by atoms with E-state index in [1.165, 1.54) is 19.2 Å². The van der Waals surface area contributed by atoms with Gasteiger partial charge in [0.05, 0.1) is 12.7 Å². The molecule has 1 aromatic heterocycles. The molecule has 0 saturated carbocycles. The lowest BCUT2D eigenvalue weighted by atomic mass is 10.2. The summed E-state index contributed by atoms with van der Waals surface area (Å²) < 4.78 is 18.3. The number of nitrogens with one attached hydrogen (secondary N) is 2. The normalized spacial score (nSPS) is 10.2. The van der Waals surface area contributed by atoms with Gasteiger partial charge in [-0.1, -0.05) is 24.3 Å². The topological polar surface area (TPSA) is 93.2 Å². The number of carbonyl (C=O) groups is 2. The molecular weight excluding hydrogens is 363 g/mol. The average molecular weight is 380 g/mol. The molecule has 142 valence electrons. The molecule has 1 amide bonds. The summed E-state index contributed by atoms with van der Waals surface area (Å²) in [5.74, 6) is -0.901. The van der Waals surface area contributed by atoms with Crippen molar-refractivity contribution in [1.82, 2.24) is 15.5 Å². The molecule has 28 heavy (non-hydrogen) atoms. The summed E-state index contributed by atoms with van der Waals surface area (Å²) >= 11 is 0. The first-order chi connectivity index (χ1) is 13.6. The summed E-state index contributed by atoms with van der Waals surface area (Å²) in [6.45, 7) is 0.0491. The molecule has 0 fully saturated rings. The number of hydrogen-bond donors (Lipinski definition) is 2. The van der Waals surface area contributed by atoms with Gasteiger partial charge in [0.1, 0.15) is 5.82 Å². The summed E-state index contributed by atoms with van der Waals surface area (Å²) in [5.41, 5.74) is 1.50. The zero-order valence-corrected chi connectivity index (χ0v) is 15.0.